The Bertz CT molecular complexity index is 567. The molecule has 0 bridgehead atoms. The Morgan fingerprint density at radius 3 is 2.63 bits per heavy atom. The molecule has 1 aliphatic rings. The summed E-state index contributed by atoms with van der Waals surface area (Å²) in [5.41, 5.74) is 5.82. The number of benzene rings is 1. The van der Waals surface area contributed by atoms with Crippen LogP contribution in [0.2, 0.25) is 0 Å². The van der Waals surface area contributed by atoms with Gasteiger partial charge < -0.3 is 15.8 Å². The van der Waals surface area contributed by atoms with Crippen LogP contribution in [0, 0.1) is 0 Å². The van der Waals surface area contributed by atoms with Crippen molar-refractivity contribution in [1.29, 1.82) is 0 Å². The Labute approximate surface area is 119 Å². The van der Waals surface area contributed by atoms with Gasteiger partial charge in [-0.25, -0.2) is 0 Å². The van der Waals surface area contributed by atoms with Crippen LogP contribution in [0.1, 0.15) is 5.56 Å². The number of primary amides is 1. The third-order valence-corrected chi connectivity index (χ3v) is 3.36. The minimum Gasteiger partial charge on any atom is -0.484 e. The molecule has 19 heavy (non-hydrogen) atoms. The van der Waals surface area contributed by atoms with E-state index >= 15 is 0 Å². The third-order valence-electron chi connectivity index (χ3n) is 2.20. The number of rotatable bonds is 4. The second-order valence-electron chi connectivity index (χ2n) is 3.68. The van der Waals surface area contributed by atoms with Crippen LogP contribution in [0.25, 0.3) is 6.08 Å². The molecule has 3 N–H and O–H groups in total. The molecule has 2 amide bonds. The molecule has 0 saturated carbocycles. The molecule has 7 heteroatoms. The smallest absolute Gasteiger partial charge is 0.263 e. The van der Waals surface area contributed by atoms with E-state index in [0.717, 1.165) is 5.56 Å². The van der Waals surface area contributed by atoms with Crippen LogP contribution in [0.4, 0.5) is 0 Å². The fourth-order valence-corrected chi connectivity index (χ4v) is 2.43. The van der Waals surface area contributed by atoms with Crippen LogP contribution < -0.4 is 15.8 Å². The van der Waals surface area contributed by atoms with E-state index in [2.05, 4.69) is 5.32 Å². The van der Waals surface area contributed by atoms with E-state index in [1.165, 1.54) is 11.8 Å². The van der Waals surface area contributed by atoms with Gasteiger partial charge in [0, 0.05) is 0 Å². The summed E-state index contributed by atoms with van der Waals surface area (Å²) >= 11 is 6.12. The molecule has 0 radical (unpaired) electrons. The van der Waals surface area contributed by atoms with Crippen molar-refractivity contribution in [3.63, 3.8) is 0 Å². The summed E-state index contributed by atoms with van der Waals surface area (Å²) in [7, 11) is 0. The zero-order chi connectivity index (χ0) is 13.8. The van der Waals surface area contributed by atoms with E-state index in [9.17, 15) is 9.59 Å². The molecule has 0 aliphatic carbocycles. The Morgan fingerprint density at radius 1 is 1.42 bits per heavy atom. The van der Waals surface area contributed by atoms with Gasteiger partial charge in [-0.2, -0.15) is 0 Å². The molecule has 98 valence electrons. The highest BCUT2D eigenvalue weighted by Crippen LogP contribution is 2.26. The maximum atomic E-state index is 11.5. The first kappa shape index (κ1) is 13.6. The lowest BCUT2D eigenvalue weighted by atomic mass is 10.2. The van der Waals surface area contributed by atoms with Gasteiger partial charge in [-0.1, -0.05) is 36.1 Å². The number of amides is 2. The largest absolute Gasteiger partial charge is 0.484 e. The van der Waals surface area contributed by atoms with Crippen LogP contribution in [-0.2, 0) is 9.59 Å². The van der Waals surface area contributed by atoms with E-state index in [1.807, 2.05) is 0 Å². The van der Waals surface area contributed by atoms with Crippen molar-refractivity contribution < 1.29 is 14.3 Å². The average Bonchev–Trinajstić information content (AvgIpc) is 2.67. The Hall–Kier alpha value is -1.86. The Balaban J connectivity index is 2.06. The van der Waals surface area contributed by atoms with Gasteiger partial charge in [-0.3, -0.25) is 9.59 Å². The molecule has 1 aromatic rings. The maximum Gasteiger partial charge on any atom is 0.263 e. The number of ether oxygens (including phenoxy) is 1. The van der Waals surface area contributed by atoms with Crippen molar-refractivity contribution in [2.45, 2.75) is 0 Å². The summed E-state index contributed by atoms with van der Waals surface area (Å²) in [5, 5.41) is 2.54. The van der Waals surface area contributed by atoms with Gasteiger partial charge in [-0.05, 0) is 23.8 Å². The second kappa shape index (κ2) is 5.85. The first-order chi connectivity index (χ1) is 9.04. The minimum atomic E-state index is -0.529. The predicted molar refractivity (Wildman–Crippen MR) is 77.4 cm³/mol. The van der Waals surface area contributed by atoms with Gasteiger partial charge in [0.05, 0.1) is 4.91 Å². The van der Waals surface area contributed by atoms with Crippen LogP contribution in [0.3, 0.4) is 0 Å². The molecular formula is C12H10N2O3S2. The number of nitrogens with one attached hydrogen (secondary N) is 1. The number of carbonyl (C=O) groups excluding carboxylic acids is 2. The highest BCUT2D eigenvalue weighted by Gasteiger charge is 2.21. The molecule has 0 aromatic heterocycles. The first-order valence-corrected chi connectivity index (χ1v) is 6.53. The summed E-state index contributed by atoms with van der Waals surface area (Å²) in [6, 6.07) is 6.95. The fourth-order valence-electron chi connectivity index (χ4n) is 1.39. The normalized spacial score (nSPS) is 16.5. The van der Waals surface area contributed by atoms with E-state index in [0.29, 0.717) is 15.0 Å². The Morgan fingerprint density at radius 2 is 2.11 bits per heavy atom. The molecule has 1 saturated heterocycles. The molecule has 0 atom stereocenters. The van der Waals surface area contributed by atoms with Crippen molar-refractivity contribution in [1.82, 2.24) is 5.32 Å². The van der Waals surface area contributed by atoms with Crippen LogP contribution in [-0.4, -0.2) is 22.7 Å². The van der Waals surface area contributed by atoms with Crippen molar-refractivity contribution in [3.8, 4) is 5.75 Å². The molecule has 5 nitrogen and oxygen atoms in total. The van der Waals surface area contributed by atoms with Gasteiger partial charge in [0.2, 0.25) is 0 Å². The van der Waals surface area contributed by atoms with Gasteiger partial charge in [0.15, 0.2) is 6.61 Å². The third kappa shape index (κ3) is 3.80. The number of hydrogen-bond acceptors (Lipinski definition) is 5. The van der Waals surface area contributed by atoms with Crippen molar-refractivity contribution in [3.05, 3.63) is 34.7 Å². The van der Waals surface area contributed by atoms with E-state index < -0.39 is 5.91 Å². The quantitative estimate of drug-likeness (QED) is 0.640. The molecule has 0 unspecified atom stereocenters. The average molecular weight is 294 g/mol. The Kier molecular flexibility index (Phi) is 4.18. The number of thiocarbonyl (C=S) groups is 1. The molecule has 2 rings (SSSR count). The van der Waals surface area contributed by atoms with E-state index in [4.69, 9.17) is 22.7 Å². The summed E-state index contributed by atoms with van der Waals surface area (Å²) in [6.45, 7) is -0.160. The first-order valence-electron chi connectivity index (χ1n) is 5.30. The van der Waals surface area contributed by atoms with Crippen LogP contribution in [0.5, 0.6) is 5.75 Å². The van der Waals surface area contributed by atoms with Gasteiger partial charge in [-0.15, -0.1) is 0 Å². The van der Waals surface area contributed by atoms with E-state index in [-0.39, 0.29) is 12.5 Å². The summed E-state index contributed by atoms with van der Waals surface area (Å²) < 4.78 is 5.59. The maximum absolute atomic E-state index is 11.5. The SMILES string of the molecule is NC(=O)COc1ccc(/C=C2/SC(=S)NC2=O)cc1. The molecule has 1 heterocycles. The monoisotopic (exact) mass is 294 g/mol. The van der Waals surface area contributed by atoms with Gasteiger partial charge >= 0.3 is 0 Å². The zero-order valence-electron chi connectivity index (χ0n) is 9.71. The van der Waals surface area contributed by atoms with E-state index in [1.54, 1.807) is 30.3 Å². The predicted octanol–water partition coefficient (Wildman–Crippen LogP) is 1.04. The van der Waals surface area contributed by atoms with Gasteiger partial charge in [0.25, 0.3) is 11.8 Å². The van der Waals surface area contributed by atoms with Crippen molar-refractivity contribution >= 4 is 46.2 Å². The van der Waals surface area contributed by atoms with Gasteiger partial charge in [0.1, 0.15) is 10.1 Å². The standard InChI is InChI=1S/C12H10N2O3S2/c13-10(15)6-17-8-3-1-7(2-4-8)5-9-11(16)14-12(18)19-9/h1-5H,6H2,(H2,13,15)(H,14,16,18)/b9-5+. The molecule has 1 fully saturated rings. The highest BCUT2D eigenvalue weighted by atomic mass is 32.2. The lowest BCUT2D eigenvalue weighted by Crippen LogP contribution is -2.19. The lowest BCUT2D eigenvalue weighted by Gasteiger charge is -2.03. The zero-order valence-corrected chi connectivity index (χ0v) is 11.3. The van der Waals surface area contributed by atoms with Crippen LogP contribution >= 0.6 is 24.0 Å². The summed E-state index contributed by atoms with van der Waals surface area (Å²) in [6.07, 6.45) is 1.73. The number of thioether (sulfide) groups is 1. The molecular weight excluding hydrogens is 284 g/mol. The second-order valence-corrected chi connectivity index (χ2v) is 5.40. The number of nitrogens with two attached hydrogens (primary N) is 1. The molecule has 0 spiro atoms. The van der Waals surface area contributed by atoms with Crippen molar-refractivity contribution in [2.75, 3.05) is 6.61 Å². The molecule has 1 aromatic carbocycles. The van der Waals surface area contributed by atoms with Crippen molar-refractivity contribution in [2.24, 2.45) is 5.73 Å². The number of carbonyl (C=O) groups is 2. The summed E-state index contributed by atoms with van der Waals surface area (Å²) in [5.74, 6) is -0.178. The van der Waals surface area contributed by atoms with Crippen LogP contribution in [0.15, 0.2) is 29.2 Å². The number of hydrogen-bond donors (Lipinski definition) is 2. The molecule has 1 aliphatic heterocycles. The lowest BCUT2D eigenvalue weighted by molar-refractivity contribution is -0.120. The minimum absolute atomic E-state index is 0.160. The fraction of sp³-hybridized carbons (Fsp3) is 0.0833. The highest BCUT2D eigenvalue weighted by molar-refractivity contribution is 8.26. The topological polar surface area (TPSA) is 81.4 Å². The summed E-state index contributed by atoms with van der Waals surface area (Å²) in [4.78, 5) is 22.6.